The molecule has 0 saturated carbocycles. The number of nitrogens with one attached hydrogen (secondary N) is 1. The summed E-state index contributed by atoms with van der Waals surface area (Å²) in [5, 5.41) is 17.6. The van der Waals surface area contributed by atoms with Crippen LogP contribution in [0.25, 0.3) is 22.8 Å². The van der Waals surface area contributed by atoms with Gasteiger partial charge in [0.25, 0.3) is 5.69 Å². The van der Waals surface area contributed by atoms with Gasteiger partial charge in [-0.25, -0.2) is 4.98 Å². The first-order valence-electron chi connectivity index (χ1n) is 6.16. The van der Waals surface area contributed by atoms with Gasteiger partial charge in [0.1, 0.15) is 0 Å². The van der Waals surface area contributed by atoms with Crippen LogP contribution in [0.3, 0.4) is 0 Å². The highest BCUT2D eigenvalue weighted by Crippen LogP contribution is 2.22. The molecular formula is C14H11N5O2. The Labute approximate surface area is 119 Å². The quantitative estimate of drug-likeness (QED) is 0.435. The minimum Gasteiger partial charge on any atom is -0.399 e. The second-order valence-corrected chi connectivity index (χ2v) is 4.43. The number of nitro benzene ring substituents is 1. The third kappa shape index (κ3) is 2.57. The Balaban J connectivity index is 1.90. The summed E-state index contributed by atoms with van der Waals surface area (Å²) in [7, 11) is 0. The van der Waals surface area contributed by atoms with E-state index in [2.05, 4.69) is 15.2 Å². The molecule has 0 radical (unpaired) electrons. The van der Waals surface area contributed by atoms with Crippen LogP contribution in [0.5, 0.6) is 0 Å². The van der Waals surface area contributed by atoms with Crippen LogP contribution in [-0.4, -0.2) is 20.1 Å². The van der Waals surface area contributed by atoms with Crippen molar-refractivity contribution in [1.29, 1.82) is 0 Å². The molecule has 2 aromatic carbocycles. The topological polar surface area (TPSA) is 111 Å². The third-order valence-electron chi connectivity index (χ3n) is 3.01. The van der Waals surface area contributed by atoms with Gasteiger partial charge in [-0.2, -0.15) is 5.10 Å². The summed E-state index contributed by atoms with van der Waals surface area (Å²) in [6.45, 7) is 0. The Morgan fingerprint density at radius 1 is 1.00 bits per heavy atom. The molecule has 0 bridgehead atoms. The lowest BCUT2D eigenvalue weighted by Crippen LogP contribution is -1.88. The number of H-pyrrole nitrogens is 1. The zero-order chi connectivity index (χ0) is 14.8. The monoisotopic (exact) mass is 281 g/mol. The first kappa shape index (κ1) is 12.8. The molecule has 0 amide bonds. The van der Waals surface area contributed by atoms with Crippen LogP contribution in [0.2, 0.25) is 0 Å². The third-order valence-corrected chi connectivity index (χ3v) is 3.01. The van der Waals surface area contributed by atoms with Crippen molar-refractivity contribution < 1.29 is 4.92 Å². The first-order chi connectivity index (χ1) is 10.1. The summed E-state index contributed by atoms with van der Waals surface area (Å²) in [4.78, 5) is 14.6. The van der Waals surface area contributed by atoms with E-state index in [4.69, 9.17) is 5.73 Å². The fourth-order valence-corrected chi connectivity index (χ4v) is 1.89. The number of nitrogens with zero attached hydrogens (tertiary/aromatic N) is 3. The summed E-state index contributed by atoms with van der Waals surface area (Å²) in [5.74, 6) is 1.10. The summed E-state index contributed by atoms with van der Waals surface area (Å²) < 4.78 is 0. The molecule has 0 aliphatic rings. The fraction of sp³-hybridized carbons (Fsp3) is 0. The average Bonchev–Trinajstić information content (AvgIpc) is 2.98. The SMILES string of the molecule is Nc1ccc(-c2n[nH]c(-c3ccc([N+](=O)[O-])cc3)n2)cc1. The second kappa shape index (κ2) is 5.04. The Hall–Kier alpha value is -3.22. The summed E-state index contributed by atoms with van der Waals surface area (Å²) in [6.07, 6.45) is 0. The number of aromatic amines is 1. The number of benzene rings is 2. The predicted molar refractivity (Wildman–Crippen MR) is 78.3 cm³/mol. The highest BCUT2D eigenvalue weighted by Gasteiger charge is 2.10. The Kier molecular flexibility index (Phi) is 3.07. The van der Waals surface area contributed by atoms with Crippen molar-refractivity contribution in [2.45, 2.75) is 0 Å². The van der Waals surface area contributed by atoms with E-state index >= 15 is 0 Å². The Morgan fingerprint density at radius 3 is 2.24 bits per heavy atom. The molecule has 104 valence electrons. The van der Waals surface area contributed by atoms with E-state index in [9.17, 15) is 10.1 Å². The number of rotatable bonds is 3. The zero-order valence-corrected chi connectivity index (χ0v) is 10.9. The van der Waals surface area contributed by atoms with Gasteiger partial charge in [-0.15, -0.1) is 0 Å². The molecule has 1 heterocycles. The smallest absolute Gasteiger partial charge is 0.269 e. The number of hydrogen-bond donors (Lipinski definition) is 2. The van der Waals surface area contributed by atoms with E-state index in [0.717, 1.165) is 11.1 Å². The van der Waals surface area contributed by atoms with Crippen LogP contribution in [0.1, 0.15) is 0 Å². The molecule has 3 aromatic rings. The summed E-state index contributed by atoms with van der Waals surface area (Å²) in [5.41, 5.74) is 7.92. The molecule has 7 nitrogen and oxygen atoms in total. The van der Waals surface area contributed by atoms with Crippen LogP contribution in [-0.2, 0) is 0 Å². The van der Waals surface area contributed by atoms with Gasteiger partial charge in [0.2, 0.25) is 0 Å². The number of hydrogen-bond acceptors (Lipinski definition) is 5. The highest BCUT2D eigenvalue weighted by atomic mass is 16.6. The Morgan fingerprint density at radius 2 is 1.62 bits per heavy atom. The van der Waals surface area contributed by atoms with Crippen molar-refractivity contribution >= 4 is 11.4 Å². The van der Waals surface area contributed by atoms with Gasteiger partial charge in [0.05, 0.1) is 4.92 Å². The summed E-state index contributed by atoms with van der Waals surface area (Å²) in [6, 6.07) is 13.3. The molecule has 21 heavy (non-hydrogen) atoms. The number of nitro groups is 1. The van der Waals surface area contributed by atoms with Crippen molar-refractivity contribution in [3.63, 3.8) is 0 Å². The lowest BCUT2D eigenvalue weighted by atomic mass is 10.2. The van der Waals surface area contributed by atoms with E-state index < -0.39 is 4.92 Å². The van der Waals surface area contributed by atoms with Gasteiger partial charge in [-0.1, -0.05) is 0 Å². The first-order valence-corrected chi connectivity index (χ1v) is 6.16. The summed E-state index contributed by atoms with van der Waals surface area (Å²) >= 11 is 0. The number of aromatic nitrogens is 3. The van der Waals surface area contributed by atoms with Gasteiger partial charge < -0.3 is 5.73 Å². The molecule has 1 aromatic heterocycles. The molecule has 7 heteroatoms. The van der Waals surface area contributed by atoms with Crippen LogP contribution >= 0.6 is 0 Å². The van der Waals surface area contributed by atoms with E-state index in [1.54, 1.807) is 24.3 Å². The molecule has 0 saturated heterocycles. The van der Waals surface area contributed by atoms with Crippen LogP contribution in [0.4, 0.5) is 11.4 Å². The van der Waals surface area contributed by atoms with Gasteiger partial charge >= 0.3 is 0 Å². The van der Waals surface area contributed by atoms with Gasteiger partial charge in [0.15, 0.2) is 11.6 Å². The van der Waals surface area contributed by atoms with Gasteiger partial charge in [-0.05, 0) is 36.4 Å². The normalized spacial score (nSPS) is 10.5. The van der Waals surface area contributed by atoms with E-state index in [1.165, 1.54) is 12.1 Å². The molecular weight excluding hydrogens is 270 g/mol. The molecule has 0 unspecified atom stereocenters. The van der Waals surface area contributed by atoms with Crippen molar-refractivity contribution in [2.24, 2.45) is 0 Å². The average molecular weight is 281 g/mol. The van der Waals surface area contributed by atoms with Crippen LogP contribution in [0.15, 0.2) is 48.5 Å². The molecule has 0 fully saturated rings. The minimum absolute atomic E-state index is 0.0389. The maximum atomic E-state index is 10.6. The fourth-order valence-electron chi connectivity index (χ4n) is 1.89. The predicted octanol–water partition coefficient (Wildman–Crippen LogP) is 2.63. The van der Waals surface area contributed by atoms with Gasteiger partial charge in [-0.3, -0.25) is 15.2 Å². The number of anilines is 1. The maximum Gasteiger partial charge on any atom is 0.269 e. The van der Waals surface area contributed by atoms with Crippen molar-refractivity contribution in [1.82, 2.24) is 15.2 Å². The lowest BCUT2D eigenvalue weighted by molar-refractivity contribution is -0.384. The number of non-ortho nitro benzene ring substituents is 1. The molecule has 0 aliphatic heterocycles. The molecule has 3 rings (SSSR count). The molecule has 3 N–H and O–H groups in total. The second-order valence-electron chi connectivity index (χ2n) is 4.43. The standard InChI is InChI=1S/C14H11N5O2/c15-11-5-1-9(2-6-11)13-16-14(18-17-13)10-3-7-12(8-4-10)19(20)21/h1-8H,15H2,(H,16,17,18). The van der Waals surface area contributed by atoms with Crippen molar-refractivity contribution in [2.75, 3.05) is 5.73 Å². The highest BCUT2D eigenvalue weighted by molar-refractivity contribution is 5.63. The number of nitrogens with two attached hydrogens (primary N) is 1. The zero-order valence-electron chi connectivity index (χ0n) is 10.9. The number of nitrogen functional groups attached to an aromatic ring is 1. The van der Waals surface area contributed by atoms with E-state index in [-0.39, 0.29) is 5.69 Å². The van der Waals surface area contributed by atoms with E-state index in [0.29, 0.717) is 17.3 Å². The molecule has 0 aliphatic carbocycles. The van der Waals surface area contributed by atoms with Crippen LogP contribution in [0, 0.1) is 10.1 Å². The lowest BCUT2D eigenvalue weighted by Gasteiger charge is -1.96. The van der Waals surface area contributed by atoms with Crippen LogP contribution < -0.4 is 5.73 Å². The van der Waals surface area contributed by atoms with Crippen molar-refractivity contribution in [3.8, 4) is 22.8 Å². The van der Waals surface area contributed by atoms with Gasteiger partial charge in [0, 0.05) is 28.9 Å². The Bertz CT molecular complexity index is 778. The largest absolute Gasteiger partial charge is 0.399 e. The van der Waals surface area contributed by atoms with E-state index in [1.807, 2.05) is 12.1 Å². The maximum absolute atomic E-state index is 10.6. The van der Waals surface area contributed by atoms with Crippen molar-refractivity contribution in [3.05, 3.63) is 58.6 Å². The molecule has 0 atom stereocenters. The molecule has 0 spiro atoms. The minimum atomic E-state index is -0.441.